The molecule has 0 aliphatic carbocycles. The van der Waals surface area contributed by atoms with Gasteiger partial charge in [-0.2, -0.15) is 0 Å². The maximum absolute atomic E-state index is 12.2. The molecule has 0 aromatic carbocycles. The van der Waals surface area contributed by atoms with Gasteiger partial charge in [-0.25, -0.2) is 0 Å². The van der Waals surface area contributed by atoms with Gasteiger partial charge >= 0.3 is 0 Å². The molecule has 1 saturated heterocycles. The monoisotopic (exact) mass is 542 g/mol. The Bertz CT molecular complexity index is 640. The number of thiophene rings is 1. The summed E-state index contributed by atoms with van der Waals surface area (Å²) in [6.45, 7) is 13.0. The molecule has 1 aromatic heterocycles. The molecule has 0 radical (unpaired) electrons. The zero-order valence-corrected chi connectivity index (χ0v) is 21.6. The highest BCUT2D eigenvalue weighted by Gasteiger charge is 2.24. The molecule has 28 heavy (non-hydrogen) atoms. The summed E-state index contributed by atoms with van der Waals surface area (Å²) >= 11 is 1.85. The summed E-state index contributed by atoms with van der Waals surface area (Å²) in [7, 11) is 0.908. The fourth-order valence-electron chi connectivity index (χ4n) is 2.91. The minimum absolute atomic E-state index is 0. The van der Waals surface area contributed by atoms with E-state index in [2.05, 4.69) is 39.6 Å². The van der Waals surface area contributed by atoms with Crippen molar-refractivity contribution in [1.82, 2.24) is 15.5 Å². The Morgan fingerprint density at radius 2 is 2.00 bits per heavy atom. The van der Waals surface area contributed by atoms with Crippen molar-refractivity contribution in [2.45, 2.75) is 38.5 Å². The summed E-state index contributed by atoms with van der Waals surface area (Å²) in [5.41, 5.74) is 0. The van der Waals surface area contributed by atoms with Crippen LogP contribution in [0.25, 0.3) is 0 Å². The van der Waals surface area contributed by atoms with E-state index in [9.17, 15) is 4.21 Å². The molecule has 9 heteroatoms. The van der Waals surface area contributed by atoms with Crippen LogP contribution in [-0.2, 0) is 15.5 Å². The van der Waals surface area contributed by atoms with E-state index < -0.39 is 10.8 Å². The molecule has 2 rings (SSSR count). The standard InChI is InChI=1S/C19H34N4O2S2.HI/c1-15-6-7-17(26-15)16(23-9-11-25-12-10-23)14-22-18(20-5)21-8-13-27(24)19(2,3)4;/h6-7,16H,8-14H2,1-5H3,(H2,20,21,22);1H. The third kappa shape index (κ3) is 8.25. The maximum atomic E-state index is 12.2. The number of ether oxygens (including phenoxy) is 1. The summed E-state index contributed by atoms with van der Waals surface area (Å²) in [6, 6.07) is 4.71. The average Bonchev–Trinajstić information content (AvgIpc) is 3.06. The quantitative estimate of drug-likeness (QED) is 0.315. The van der Waals surface area contributed by atoms with E-state index in [1.807, 2.05) is 32.1 Å². The number of guanidine groups is 1. The van der Waals surface area contributed by atoms with Gasteiger partial charge in [-0.05, 0) is 39.8 Å². The highest BCUT2D eigenvalue weighted by Crippen LogP contribution is 2.27. The van der Waals surface area contributed by atoms with E-state index in [-0.39, 0.29) is 28.7 Å². The predicted octanol–water partition coefficient (Wildman–Crippen LogP) is 2.76. The molecule has 2 heterocycles. The van der Waals surface area contributed by atoms with Gasteiger partial charge in [-0.15, -0.1) is 35.3 Å². The molecule has 0 saturated carbocycles. The van der Waals surface area contributed by atoms with Gasteiger partial charge < -0.3 is 15.4 Å². The molecule has 2 atom stereocenters. The molecular formula is C19H35IN4O2S2. The second-order valence-corrected chi connectivity index (χ2v) is 11.3. The van der Waals surface area contributed by atoms with E-state index >= 15 is 0 Å². The molecule has 1 aliphatic heterocycles. The number of aliphatic imine (C=N–C) groups is 1. The number of nitrogens with one attached hydrogen (secondary N) is 2. The number of morpholine rings is 1. The molecule has 1 aliphatic rings. The van der Waals surface area contributed by atoms with Crippen LogP contribution in [-0.4, -0.2) is 72.0 Å². The zero-order chi connectivity index (χ0) is 19.9. The van der Waals surface area contributed by atoms with Gasteiger partial charge in [0.2, 0.25) is 0 Å². The third-order valence-corrected chi connectivity index (χ3v) is 7.57. The van der Waals surface area contributed by atoms with Crippen LogP contribution in [0.2, 0.25) is 0 Å². The van der Waals surface area contributed by atoms with Crippen molar-refractivity contribution in [3.63, 3.8) is 0 Å². The minimum Gasteiger partial charge on any atom is -0.379 e. The molecule has 2 N–H and O–H groups in total. The number of nitrogens with zero attached hydrogens (tertiary/aromatic N) is 2. The first-order valence-electron chi connectivity index (χ1n) is 9.52. The molecule has 0 bridgehead atoms. The lowest BCUT2D eigenvalue weighted by Gasteiger charge is -2.34. The zero-order valence-electron chi connectivity index (χ0n) is 17.6. The lowest BCUT2D eigenvalue weighted by Crippen LogP contribution is -2.46. The van der Waals surface area contributed by atoms with Gasteiger partial charge in [0.15, 0.2) is 5.96 Å². The van der Waals surface area contributed by atoms with Gasteiger partial charge in [-0.3, -0.25) is 14.1 Å². The van der Waals surface area contributed by atoms with Crippen molar-refractivity contribution < 1.29 is 8.95 Å². The minimum atomic E-state index is -0.865. The van der Waals surface area contributed by atoms with Crippen molar-refractivity contribution in [2.24, 2.45) is 4.99 Å². The summed E-state index contributed by atoms with van der Waals surface area (Å²) < 4.78 is 17.5. The molecule has 6 nitrogen and oxygen atoms in total. The Hall–Kier alpha value is -0.230. The van der Waals surface area contributed by atoms with E-state index in [1.54, 1.807) is 7.05 Å². The summed E-state index contributed by atoms with van der Waals surface area (Å²) in [4.78, 5) is 9.49. The fraction of sp³-hybridized carbons (Fsp3) is 0.737. The first-order chi connectivity index (χ1) is 12.8. The van der Waals surface area contributed by atoms with E-state index in [1.165, 1.54) is 9.75 Å². The molecule has 162 valence electrons. The molecule has 2 unspecified atom stereocenters. The van der Waals surface area contributed by atoms with Crippen LogP contribution in [0, 0.1) is 6.92 Å². The van der Waals surface area contributed by atoms with Crippen molar-refractivity contribution in [3.05, 3.63) is 21.9 Å². The van der Waals surface area contributed by atoms with E-state index in [0.29, 0.717) is 18.3 Å². The van der Waals surface area contributed by atoms with Gasteiger partial charge in [0.1, 0.15) is 0 Å². The van der Waals surface area contributed by atoms with Crippen LogP contribution in [0.15, 0.2) is 17.1 Å². The van der Waals surface area contributed by atoms with Crippen LogP contribution in [0.4, 0.5) is 0 Å². The van der Waals surface area contributed by atoms with Crippen molar-refractivity contribution in [1.29, 1.82) is 0 Å². The number of rotatable bonds is 7. The highest BCUT2D eigenvalue weighted by molar-refractivity contribution is 14.0. The third-order valence-electron chi connectivity index (χ3n) is 4.53. The number of halogens is 1. The number of hydrogen-bond donors (Lipinski definition) is 2. The first kappa shape index (κ1) is 25.8. The summed E-state index contributed by atoms with van der Waals surface area (Å²) in [5, 5.41) is 6.74. The second-order valence-electron chi connectivity index (χ2n) is 7.65. The van der Waals surface area contributed by atoms with Crippen LogP contribution < -0.4 is 10.6 Å². The van der Waals surface area contributed by atoms with Crippen molar-refractivity contribution in [2.75, 3.05) is 52.2 Å². The Morgan fingerprint density at radius 3 is 2.54 bits per heavy atom. The smallest absolute Gasteiger partial charge is 0.191 e. The summed E-state index contributed by atoms with van der Waals surface area (Å²) in [6.07, 6.45) is 0. The normalized spacial score (nSPS) is 18.2. The van der Waals surface area contributed by atoms with Gasteiger partial charge in [0.05, 0.1) is 19.3 Å². The topological polar surface area (TPSA) is 66.0 Å². The van der Waals surface area contributed by atoms with Gasteiger partial charge in [-0.1, -0.05) is 0 Å². The largest absolute Gasteiger partial charge is 0.379 e. The Kier molecular flexibility index (Phi) is 11.5. The van der Waals surface area contributed by atoms with Crippen LogP contribution in [0.1, 0.15) is 36.6 Å². The Morgan fingerprint density at radius 1 is 1.32 bits per heavy atom. The average molecular weight is 543 g/mol. The Balaban J connectivity index is 0.00000392. The van der Waals surface area contributed by atoms with Gasteiger partial charge in [0, 0.05) is 64.3 Å². The van der Waals surface area contributed by atoms with Crippen molar-refractivity contribution in [3.8, 4) is 0 Å². The lowest BCUT2D eigenvalue weighted by molar-refractivity contribution is 0.0177. The van der Waals surface area contributed by atoms with E-state index in [4.69, 9.17) is 4.74 Å². The first-order valence-corrected chi connectivity index (χ1v) is 11.7. The maximum Gasteiger partial charge on any atom is 0.191 e. The number of hydrogen-bond acceptors (Lipinski definition) is 5. The van der Waals surface area contributed by atoms with Crippen LogP contribution >= 0.6 is 35.3 Å². The highest BCUT2D eigenvalue weighted by atomic mass is 127. The number of aryl methyl sites for hydroxylation is 1. The SMILES string of the molecule is CN=C(NCCS(=O)C(C)(C)C)NCC(c1ccc(C)s1)N1CCOCC1.I. The van der Waals surface area contributed by atoms with Crippen LogP contribution in [0.5, 0.6) is 0 Å². The fourth-order valence-corrected chi connectivity index (χ4v) is 4.83. The summed E-state index contributed by atoms with van der Waals surface area (Å²) in [5.74, 6) is 1.37. The van der Waals surface area contributed by atoms with Crippen molar-refractivity contribution >= 4 is 52.1 Å². The van der Waals surface area contributed by atoms with Crippen LogP contribution in [0.3, 0.4) is 0 Å². The molecule has 0 spiro atoms. The lowest BCUT2D eigenvalue weighted by atomic mass is 10.2. The van der Waals surface area contributed by atoms with Gasteiger partial charge in [0.25, 0.3) is 0 Å². The predicted molar refractivity (Wildman–Crippen MR) is 132 cm³/mol. The molecular weight excluding hydrogens is 507 g/mol. The molecule has 0 amide bonds. The Labute approximate surface area is 193 Å². The second kappa shape index (κ2) is 12.5. The molecule has 1 fully saturated rings. The molecule has 1 aromatic rings. The van der Waals surface area contributed by atoms with E-state index in [0.717, 1.165) is 38.8 Å².